The summed E-state index contributed by atoms with van der Waals surface area (Å²) < 4.78 is 10.4. The third-order valence-corrected chi connectivity index (χ3v) is 2.79. The zero-order chi connectivity index (χ0) is 13.0. The van der Waals surface area contributed by atoms with Crippen LogP contribution in [0.2, 0.25) is 0 Å². The monoisotopic (exact) mass is 250 g/mol. The van der Waals surface area contributed by atoms with Crippen LogP contribution in [0.25, 0.3) is 0 Å². The van der Waals surface area contributed by atoms with Crippen molar-refractivity contribution in [3.63, 3.8) is 0 Å². The highest BCUT2D eigenvalue weighted by molar-refractivity contribution is 5.81. The quantitative estimate of drug-likeness (QED) is 0.502. The van der Waals surface area contributed by atoms with E-state index in [4.69, 9.17) is 9.47 Å². The second-order valence-electron chi connectivity index (χ2n) is 4.11. The van der Waals surface area contributed by atoms with Crippen LogP contribution in [-0.2, 0) is 9.53 Å². The molecule has 1 aliphatic heterocycles. The average molecular weight is 250 g/mol. The van der Waals surface area contributed by atoms with Crippen molar-refractivity contribution in [1.82, 2.24) is 0 Å². The number of phenolic OH excluding ortho intramolecular Hbond substituents is 1. The van der Waals surface area contributed by atoms with E-state index in [9.17, 15) is 14.7 Å². The standard InChI is InChI=1S/C13H14O5/c14-8-9-4-5-10(7-11(9)15)18-13(16)12-3-1-2-6-17-12/h4-5,7-8,12,15H,1-3,6H2. The highest BCUT2D eigenvalue weighted by Gasteiger charge is 2.24. The summed E-state index contributed by atoms with van der Waals surface area (Å²) in [7, 11) is 0. The first kappa shape index (κ1) is 12.6. The largest absolute Gasteiger partial charge is 0.507 e. The number of aromatic hydroxyl groups is 1. The van der Waals surface area contributed by atoms with E-state index in [1.807, 2.05) is 0 Å². The molecule has 1 aromatic carbocycles. The van der Waals surface area contributed by atoms with Crippen LogP contribution in [0.5, 0.6) is 11.5 Å². The van der Waals surface area contributed by atoms with Gasteiger partial charge < -0.3 is 14.6 Å². The molecule has 0 aromatic heterocycles. The highest BCUT2D eigenvalue weighted by Crippen LogP contribution is 2.23. The third-order valence-electron chi connectivity index (χ3n) is 2.79. The molecule has 0 spiro atoms. The Morgan fingerprint density at radius 3 is 2.89 bits per heavy atom. The minimum Gasteiger partial charge on any atom is -0.507 e. The van der Waals surface area contributed by atoms with Crippen molar-refractivity contribution in [2.45, 2.75) is 25.4 Å². The first-order chi connectivity index (χ1) is 8.70. The Morgan fingerprint density at radius 1 is 1.44 bits per heavy atom. The minimum absolute atomic E-state index is 0.156. The maximum Gasteiger partial charge on any atom is 0.340 e. The lowest BCUT2D eigenvalue weighted by Crippen LogP contribution is -2.31. The van der Waals surface area contributed by atoms with Gasteiger partial charge in [0.2, 0.25) is 0 Å². The molecule has 0 amide bonds. The summed E-state index contributed by atoms with van der Waals surface area (Å²) in [5.41, 5.74) is 0.156. The summed E-state index contributed by atoms with van der Waals surface area (Å²) in [4.78, 5) is 22.3. The summed E-state index contributed by atoms with van der Waals surface area (Å²) in [6.07, 6.45) is 2.54. The van der Waals surface area contributed by atoms with Crippen LogP contribution in [0.15, 0.2) is 18.2 Å². The molecule has 1 aromatic rings. The molecular weight excluding hydrogens is 236 g/mol. The van der Waals surface area contributed by atoms with Crippen LogP contribution in [0.1, 0.15) is 29.6 Å². The topological polar surface area (TPSA) is 72.8 Å². The van der Waals surface area contributed by atoms with E-state index in [1.165, 1.54) is 18.2 Å². The normalized spacial score (nSPS) is 19.2. The van der Waals surface area contributed by atoms with Crippen molar-refractivity contribution >= 4 is 12.3 Å². The van der Waals surface area contributed by atoms with E-state index in [0.29, 0.717) is 19.3 Å². The van der Waals surface area contributed by atoms with Crippen molar-refractivity contribution in [2.75, 3.05) is 6.61 Å². The van der Waals surface area contributed by atoms with Crippen molar-refractivity contribution in [3.8, 4) is 11.5 Å². The minimum atomic E-state index is -0.536. The molecule has 0 saturated carbocycles. The Hall–Kier alpha value is -1.88. The summed E-state index contributed by atoms with van der Waals surface area (Å²) in [5, 5.41) is 9.46. The lowest BCUT2D eigenvalue weighted by molar-refractivity contribution is -0.150. The predicted molar refractivity (Wildman–Crippen MR) is 62.7 cm³/mol. The Bertz CT molecular complexity index is 449. The molecule has 96 valence electrons. The fraction of sp³-hybridized carbons (Fsp3) is 0.385. The van der Waals surface area contributed by atoms with Crippen LogP contribution in [0.4, 0.5) is 0 Å². The Balaban J connectivity index is 2.02. The molecule has 1 N–H and O–H groups in total. The summed E-state index contributed by atoms with van der Waals surface area (Å²) in [6.45, 7) is 0.565. The van der Waals surface area contributed by atoms with Crippen LogP contribution >= 0.6 is 0 Å². The first-order valence-corrected chi connectivity index (χ1v) is 5.82. The van der Waals surface area contributed by atoms with Gasteiger partial charge in [-0.3, -0.25) is 4.79 Å². The van der Waals surface area contributed by atoms with Crippen LogP contribution in [0.3, 0.4) is 0 Å². The third kappa shape index (κ3) is 2.87. The van der Waals surface area contributed by atoms with Crippen LogP contribution in [0, 0.1) is 0 Å². The molecule has 5 heteroatoms. The molecule has 1 fully saturated rings. The van der Waals surface area contributed by atoms with E-state index in [0.717, 1.165) is 12.8 Å². The van der Waals surface area contributed by atoms with Gasteiger partial charge in [0, 0.05) is 12.7 Å². The molecule has 0 aliphatic carbocycles. The fourth-order valence-corrected chi connectivity index (χ4v) is 1.80. The second kappa shape index (κ2) is 5.64. The zero-order valence-electron chi connectivity index (χ0n) is 9.80. The number of hydrogen-bond acceptors (Lipinski definition) is 5. The number of hydrogen-bond donors (Lipinski definition) is 1. The van der Waals surface area contributed by atoms with Crippen molar-refractivity contribution in [3.05, 3.63) is 23.8 Å². The average Bonchev–Trinajstić information content (AvgIpc) is 2.40. The summed E-state index contributed by atoms with van der Waals surface area (Å²) >= 11 is 0. The van der Waals surface area contributed by atoms with Crippen LogP contribution < -0.4 is 4.74 Å². The number of carbonyl (C=O) groups is 2. The highest BCUT2D eigenvalue weighted by atomic mass is 16.6. The fourth-order valence-electron chi connectivity index (χ4n) is 1.80. The van der Waals surface area contributed by atoms with Gasteiger partial charge in [0.1, 0.15) is 11.5 Å². The van der Waals surface area contributed by atoms with E-state index >= 15 is 0 Å². The van der Waals surface area contributed by atoms with Gasteiger partial charge >= 0.3 is 5.97 Å². The van der Waals surface area contributed by atoms with Gasteiger partial charge in [-0.15, -0.1) is 0 Å². The zero-order valence-corrected chi connectivity index (χ0v) is 9.80. The Morgan fingerprint density at radius 2 is 2.28 bits per heavy atom. The van der Waals surface area contributed by atoms with E-state index in [1.54, 1.807) is 0 Å². The molecule has 0 bridgehead atoms. The molecule has 5 nitrogen and oxygen atoms in total. The Kier molecular flexibility index (Phi) is 3.94. The molecule has 18 heavy (non-hydrogen) atoms. The molecular formula is C13H14O5. The maximum atomic E-state index is 11.7. The Labute approximate surface area is 104 Å². The van der Waals surface area contributed by atoms with Gasteiger partial charge in [-0.2, -0.15) is 0 Å². The van der Waals surface area contributed by atoms with E-state index < -0.39 is 12.1 Å². The van der Waals surface area contributed by atoms with E-state index in [-0.39, 0.29) is 17.1 Å². The maximum absolute atomic E-state index is 11.7. The lowest BCUT2D eigenvalue weighted by Gasteiger charge is -2.20. The number of carbonyl (C=O) groups excluding carboxylic acids is 2. The first-order valence-electron chi connectivity index (χ1n) is 5.82. The summed E-state index contributed by atoms with van der Waals surface area (Å²) in [6, 6.07) is 4.10. The number of ether oxygens (including phenoxy) is 2. The van der Waals surface area contributed by atoms with Crippen molar-refractivity contribution in [2.24, 2.45) is 0 Å². The predicted octanol–water partition coefficient (Wildman–Crippen LogP) is 1.68. The van der Waals surface area contributed by atoms with Gasteiger partial charge in [0.15, 0.2) is 12.4 Å². The number of esters is 1. The molecule has 1 atom stereocenters. The van der Waals surface area contributed by atoms with Gasteiger partial charge in [-0.25, -0.2) is 4.79 Å². The number of aldehydes is 1. The second-order valence-corrected chi connectivity index (χ2v) is 4.11. The molecule has 1 saturated heterocycles. The van der Waals surface area contributed by atoms with Gasteiger partial charge in [-0.1, -0.05) is 0 Å². The van der Waals surface area contributed by atoms with Gasteiger partial charge in [0.05, 0.1) is 5.56 Å². The number of benzene rings is 1. The molecule has 1 unspecified atom stereocenters. The SMILES string of the molecule is O=Cc1ccc(OC(=O)C2CCCCO2)cc1O. The van der Waals surface area contributed by atoms with Gasteiger partial charge in [0.25, 0.3) is 0 Å². The smallest absolute Gasteiger partial charge is 0.340 e. The molecule has 1 aliphatic rings. The summed E-state index contributed by atoms with van der Waals surface area (Å²) in [5.74, 6) is -0.468. The van der Waals surface area contributed by atoms with Gasteiger partial charge in [-0.05, 0) is 31.4 Å². The number of phenols is 1. The molecule has 2 rings (SSSR count). The van der Waals surface area contributed by atoms with E-state index in [2.05, 4.69) is 0 Å². The molecule has 1 heterocycles. The lowest BCUT2D eigenvalue weighted by atomic mass is 10.1. The molecule has 0 radical (unpaired) electrons. The van der Waals surface area contributed by atoms with Crippen LogP contribution in [-0.4, -0.2) is 30.1 Å². The van der Waals surface area contributed by atoms with Crippen molar-refractivity contribution in [1.29, 1.82) is 0 Å². The van der Waals surface area contributed by atoms with Crippen molar-refractivity contribution < 1.29 is 24.2 Å². The number of rotatable bonds is 3.